The van der Waals surface area contributed by atoms with Crippen LogP contribution < -0.4 is 4.90 Å². The summed E-state index contributed by atoms with van der Waals surface area (Å²) in [6.07, 6.45) is 0.358. The first-order chi connectivity index (χ1) is 8.97. The molecule has 0 aliphatic heterocycles. The zero-order valence-electron chi connectivity index (χ0n) is 12.1. The van der Waals surface area contributed by atoms with Crippen LogP contribution in [0.25, 0.3) is 0 Å². The molecule has 1 aromatic rings. The molecule has 0 saturated heterocycles. The van der Waals surface area contributed by atoms with Gasteiger partial charge in [-0.1, -0.05) is 6.07 Å². The van der Waals surface area contributed by atoms with Gasteiger partial charge in [-0.2, -0.15) is 5.26 Å². The maximum Gasteiger partial charge on any atom is 0.254 e. The highest BCUT2D eigenvalue weighted by molar-refractivity contribution is 5.95. The second kappa shape index (κ2) is 6.79. The summed E-state index contributed by atoms with van der Waals surface area (Å²) in [6.45, 7) is 4.40. The van der Waals surface area contributed by atoms with E-state index in [1.165, 1.54) is 0 Å². The number of benzene rings is 1. The lowest BCUT2D eigenvalue weighted by Gasteiger charge is -2.26. The van der Waals surface area contributed by atoms with E-state index in [9.17, 15) is 4.79 Å². The Balaban J connectivity index is 2.96. The minimum absolute atomic E-state index is 0.0195. The largest absolute Gasteiger partial charge is 0.378 e. The molecule has 0 radical (unpaired) electrons. The van der Waals surface area contributed by atoms with Gasteiger partial charge in [-0.05, 0) is 32.0 Å². The van der Waals surface area contributed by atoms with Crippen molar-refractivity contribution in [3.63, 3.8) is 0 Å². The normalized spacial score (nSPS) is 10.1. The fourth-order valence-corrected chi connectivity index (χ4v) is 1.85. The Hall–Kier alpha value is -2.02. The Morgan fingerprint density at radius 2 is 2.05 bits per heavy atom. The first-order valence-corrected chi connectivity index (χ1v) is 6.42. The fourth-order valence-electron chi connectivity index (χ4n) is 1.85. The molecule has 0 N–H and O–H groups in total. The quantitative estimate of drug-likeness (QED) is 0.816. The molecular formula is C15H21N3O. The lowest BCUT2D eigenvalue weighted by Crippen LogP contribution is -2.37. The topological polar surface area (TPSA) is 47.3 Å². The molecule has 102 valence electrons. The van der Waals surface area contributed by atoms with Crippen LogP contribution in [0, 0.1) is 11.3 Å². The Labute approximate surface area is 115 Å². The number of amides is 1. The van der Waals surface area contributed by atoms with E-state index in [4.69, 9.17) is 5.26 Å². The molecule has 0 aromatic heterocycles. The highest BCUT2D eigenvalue weighted by atomic mass is 16.2. The van der Waals surface area contributed by atoms with Crippen molar-refractivity contribution in [3.05, 3.63) is 29.8 Å². The number of hydrogen-bond acceptors (Lipinski definition) is 3. The molecular weight excluding hydrogens is 238 g/mol. The van der Waals surface area contributed by atoms with Gasteiger partial charge in [-0.25, -0.2) is 0 Å². The Kier molecular flexibility index (Phi) is 5.37. The monoisotopic (exact) mass is 259 g/mol. The van der Waals surface area contributed by atoms with Crippen LogP contribution in [0.4, 0.5) is 5.69 Å². The van der Waals surface area contributed by atoms with Gasteiger partial charge in [0, 0.05) is 37.9 Å². The standard InChI is InChI=1S/C15H21N3O/c1-12(2)18(10-6-9-16)15(19)13-7-5-8-14(11-13)17(3)4/h5,7-8,11-12H,6,10H2,1-4H3. The molecule has 19 heavy (non-hydrogen) atoms. The third-order valence-electron chi connectivity index (χ3n) is 2.96. The summed E-state index contributed by atoms with van der Waals surface area (Å²) in [5.74, 6) is -0.0195. The van der Waals surface area contributed by atoms with Crippen LogP contribution in [0.15, 0.2) is 24.3 Å². The highest BCUT2D eigenvalue weighted by Crippen LogP contribution is 2.16. The SMILES string of the molecule is CC(C)N(CCC#N)C(=O)c1cccc(N(C)C)c1. The van der Waals surface area contributed by atoms with Gasteiger partial charge in [0.2, 0.25) is 0 Å². The van der Waals surface area contributed by atoms with Gasteiger partial charge in [0.05, 0.1) is 12.5 Å². The maximum absolute atomic E-state index is 12.5. The van der Waals surface area contributed by atoms with Crippen molar-refractivity contribution in [2.45, 2.75) is 26.3 Å². The second-order valence-electron chi connectivity index (χ2n) is 4.95. The number of anilines is 1. The first-order valence-electron chi connectivity index (χ1n) is 6.42. The van der Waals surface area contributed by atoms with Gasteiger partial charge in [0.15, 0.2) is 0 Å². The third kappa shape index (κ3) is 3.99. The van der Waals surface area contributed by atoms with Crippen molar-refractivity contribution in [2.24, 2.45) is 0 Å². The van der Waals surface area contributed by atoms with Crippen LogP contribution in [-0.2, 0) is 0 Å². The summed E-state index contributed by atoms with van der Waals surface area (Å²) in [5.41, 5.74) is 1.66. The van der Waals surface area contributed by atoms with Crippen molar-refractivity contribution < 1.29 is 4.79 Å². The smallest absolute Gasteiger partial charge is 0.254 e. The van der Waals surface area contributed by atoms with E-state index < -0.39 is 0 Å². The Morgan fingerprint density at radius 3 is 2.58 bits per heavy atom. The van der Waals surface area contributed by atoms with Gasteiger partial charge in [-0.15, -0.1) is 0 Å². The lowest BCUT2D eigenvalue weighted by molar-refractivity contribution is 0.0710. The van der Waals surface area contributed by atoms with Crippen molar-refractivity contribution >= 4 is 11.6 Å². The number of nitriles is 1. The minimum Gasteiger partial charge on any atom is -0.378 e. The maximum atomic E-state index is 12.5. The summed E-state index contributed by atoms with van der Waals surface area (Å²) >= 11 is 0. The van der Waals surface area contributed by atoms with Gasteiger partial charge in [0.1, 0.15) is 0 Å². The molecule has 0 saturated carbocycles. The average molecular weight is 259 g/mol. The lowest BCUT2D eigenvalue weighted by atomic mass is 10.1. The van der Waals surface area contributed by atoms with E-state index >= 15 is 0 Å². The molecule has 0 fully saturated rings. The predicted molar refractivity (Wildman–Crippen MR) is 77.2 cm³/mol. The molecule has 0 unspecified atom stereocenters. The van der Waals surface area contributed by atoms with Crippen LogP contribution in [0.3, 0.4) is 0 Å². The molecule has 4 heteroatoms. The summed E-state index contributed by atoms with van der Waals surface area (Å²) < 4.78 is 0. The number of carbonyl (C=O) groups excluding carboxylic acids is 1. The first kappa shape index (κ1) is 15.0. The van der Waals surface area contributed by atoms with E-state index in [0.717, 1.165) is 5.69 Å². The van der Waals surface area contributed by atoms with Gasteiger partial charge in [-0.3, -0.25) is 4.79 Å². The molecule has 0 aliphatic carbocycles. The number of nitrogens with zero attached hydrogens (tertiary/aromatic N) is 3. The molecule has 0 atom stereocenters. The van der Waals surface area contributed by atoms with E-state index in [2.05, 4.69) is 6.07 Å². The van der Waals surface area contributed by atoms with E-state index in [1.54, 1.807) is 4.90 Å². The summed E-state index contributed by atoms with van der Waals surface area (Å²) in [6, 6.07) is 9.71. The molecule has 0 bridgehead atoms. The van der Waals surface area contributed by atoms with E-state index in [0.29, 0.717) is 18.5 Å². The molecule has 1 amide bonds. The Morgan fingerprint density at radius 1 is 1.37 bits per heavy atom. The molecule has 0 heterocycles. The fraction of sp³-hybridized carbons (Fsp3) is 0.467. The zero-order chi connectivity index (χ0) is 14.4. The van der Waals surface area contributed by atoms with Gasteiger partial charge in [0.25, 0.3) is 5.91 Å². The summed E-state index contributed by atoms with van der Waals surface area (Å²) in [7, 11) is 3.89. The van der Waals surface area contributed by atoms with Crippen LogP contribution in [0.2, 0.25) is 0 Å². The van der Waals surface area contributed by atoms with Crippen LogP contribution >= 0.6 is 0 Å². The second-order valence-corrected chi connectivity index (χ2v) is 4.95. The highest BCUT2D eigenvalue weighted by Gasteiger charge is 2.18. The van der Waals surface area contributed by atoms with Crippen LogP contribution in [0.1, 0.15) is 30.6 Å². The number of hydrogen-bond donors (Lipinski definition) is 0. The molecule has 1 rings (SSSR count). The van der Waals surface area contributed by atoms with Crippen LogP contribution in [0.5, 0.6) is 0 Å². The molecule has 0 spiro atoms. The van der Waals surface area contributed by atoms with E-state index in [-0.39, 0.29) is 11.9 Å². The van der Waals surface area contributed by atoms with Crippen molar-refractivity contribution in [1.29, 1.82) is 5.26 Å². The molecule has 1 aromatic carbocycles. The summed E-state index contributed by atoms with van der Waals surface area (Å²) in [5, 5.41) is 8.67. The van der Waals surface area contributed by atoms with Crippen molar-refractivity contribution in [2.75, 3.05) is 25.5 Å². The summed E-state index contributed by atoms with van der Waals surface area (Å²) in [4.78, 5) is 16.2. The average Bonchev–Trinajstić information content (AvgIpc) is 2.38. The number of carbonyl (C=O) groups is 1. The molecule has 4 nitrogen and oxygen atoms in total. The molecule has 0 aliphatic rings. The Bertz CT molecular complexity index is 475. The zero-order valence-corrected chi connectivity index (χ0v) is 12.1. The third-order valence-corrected chi connectivity index (χ3v) is 2.96. The predicted octanol–water partition coefficient (Wildman–Crippen LogP) is 2.52. The minimum atomic E-state index is -0.0195. The van der Waals surface area contributed by atoms with E-state index in [1.807, 2.05) is 57.1 Å². The number of rotatable bonds is 5. The van der Waals surface area contributed by atoms with Gasteiger partial charge < -0.3 is 9.80 Å². The van der Waals surface area contributed by atoms with Crippen molar-refractivity contribution in [1.82, 2.24) is 4.90 Å². The van der Waals surface area contributed by atoms with Crippen LogP contribution in [-0.4, -0.2) is 37.5 Å². The van der Waals surface area contributed by atoms with Gasteiger partial charge >= 0.3 is 0 Å². The van der Waals surface area contributed by atoms with Crippen molar-refractivity contribution in [3.8, 4) is 6.07 Å².